The van der Waals surface area contributed by atoms with E-state index in [-0.39, 0.29) is 16.6 Å². The van der Waals surface area contributed by atoms with Crippen molar-refractivity contribution in [2.75, 3.05) is 0 Å². The van der Waals surface area contributed by atoms with Crippen LogP contribution in [0.3, 0.4) is 0 Å². The van der Waals surface area contributed by atoms with Crippen molar-refractivity contribution in [1.82, 2.24) is 4.98 Å². The molecule has 0 aliphatic carbocycles. The minimum absolute atomic E-state index is 0.0387. The van der Waals surface area contributed by atoms with Gasteiger partial charge in [0, 0.05) is 11.8 Å². The Labute approximate surface area is 138 Å². The second kappa shape index (κ2) is 6.11. The smallest absolute Gasteiger partial charge is 0.174 e. The zero-order valence-corrected chi connectivity index (χ0v) is 14.8. The fourth-order valence-electron chi connectivity index (χ4n) is 2.22. The summed E-state index contributed by atoms with van der Waals surface area (Å²) in [6, 6.07) is 9.42. The van der Waals surface area contributed by atoms with Crippen molar-refractivity contribution in [3.8, 4) is 5.75 Å². The molecule has 0 saturated carbocycles. The third kappa shape index (κ3) is 4.15. The molecule has 2 rings (SSSR count). The number of azo groups is 1. The minimum Gasteiger partial charge on any atom is -0.505 e. The molecule has 122 valence electrons. The first kappa shape index (κ1) is 17.1. The molecule has 23 heavy (non-hydrogen) atoms. The van der Waals surface area contributed by atoms with Gasteiger partial charge < -0.3 is 5.11 Å². The maximum atomic E-state index is 10.6. The van der Waals surface area contributed by atoms with Gasteiger partial charge in [0.05, 0.1) is 0 Å². The zero-order valence-electron chi connectivity index (χ0n) is 14.8. The van der Waals surface area contributed by atoms with E-state index in [0.717, 1.165) is 11.1 Å². The number of phenols is 1. The summed E-state index contributed by atoms with van der Waals surface area (Å²) in [7, 11) is 0. The molecule has 4 nitrogen and oxygen atoms in total. The molecule has 4 heteroatoms. The summed E-state index contributed by atoms with van der Waals surface area (Å²) in [6.45, 7) is 12.7. The van der Waals surface area contributed by atoms with E-state index in [0.29, 0.717) is 11.5 Å². The van der Waals surface area contributed by atoms with Crippen LogP contribution < -0.4 is 0 Å². The lowest BCUT2D eigenvalue weighted by Gasteiger charge is -2.26. The quantitative estimate of drug-likeness (QED) is 0.713. The van der Waals surface area contributed by atoms with E-state index >= 15 is 0 Å². The van der Waals surface area contributed by atoms with Gasteiger partial charge in [-0.1, -0.05) is 53.7 Å². The average Bonchev–Trinajstić information content (AvgIpc) is 2.44. The van der Waals surface area contributed by atoms with Gasteiger partial charge in [0.15, 0.2) is 5.82 Å². The fourth-order valence-corrected chi connectivity index (χ4v) is 2.22. The molecule has 2 aromatic rings. The van der Waals surface area contributed by atoms with Crippen LogP contribution in [-0.4, -0.2) is 10.1 Å². The molecule has 1 aromatic carbocycles. The molecule has 0 aliphatic rings. The molecular formula is C19H25N3O. The van der Waals surface area contributed by atoms with Crippen molar-refractivity contribution in [3.05, 3.63) is 47.7 Å². The summed E-state index contributed by atoms with van der Waals surface area (Å²) in [4.78, 5) is 4.12. The monoisotopic (exact) mass is 311 g/mol. The predicted octanol–water partition coefficient (Wildman–Crippen LogP) is 5.80. The molecule has 0 amide bonds. The van der Waals surface area contributed by atoms with Gasteiger partial charge in [-0.2, -0.15) is 0 Å². The second-order valence-corrected chi connectivity index (χ2v) is 7.78. The van der Waals surface area contributed by atoms with E-state index in [1.165, 1.54) is 0 Å². The molecule has 1 heterocycles. The number of hydrogen-bond donors (Lipinski definition) is 1. The lowest BCUT2D eigenvalue weighted by Crippen LogP contribution is -2.16. The molecule has 0 aliphatic heterocycles. The molecule has 0 bridgehead atoms. The van der Waals surface area contributed by atoms with Crippen LogP contribution in [-0.2, 0) is 10.8 Å². The van der Waals surface area contributed by atoms with Crippen LogP contribution >= 0.6 is 0 Å². The first-order valence-corrected chi connectivity index (χ1v) is 7.80. The standard InChI is InChI=1S/C19H25N3O/c1-18(2,3)13-11-14(19(4,5)6)17(23)15(12-13)21-22-16-9-7-8-10-20-16/h7-12,23H,1-6H3. The molecule has 1 aromatic heterocycles. The fraction of sp³-hybridized carbons (Fsp3) is 0.421. The van der Waals surface area contributed by atoms with Gasteiger partial charge in [-0.05, 0) is 34.6 Å². The summed E-state index contributed by atoms with van der Waals surface area (Å²) in [6.07, 6.45) is 1.67. The minimum atomic E-state index is -0.180. The van der Waals surface area contributed by atoms with Crippen LogP contribution in [0.15, 0.2) is 46.8 Å². The van der Waals surface area contributed by atoms with Crippen molar-refractivity contribution in [3.63, 3.8) is 0 Å². The summed E-state index contributed by atoms with van der Waals surface area (Å²) in [5.74, 6) is 0.704. The van der Waals surface area contributed by atoms with Crippen molar-refractivity contribution >= 4 is 11.5 Å². The third-order valence-corrected chi connectivity index (χ3v) is 3.67. The molecule has 0 atom stereocenters. The second-order valence-electron chi connectivity index (χ2n) is 7.78. The third-order valence-electron chi connectivity index (χ3n) is 3.67. The lowest BCUT2D eigenvalue weighted by atomic mass is 9.80. The number of benzene rings is 1. The van der Waals surface area contributed by atoms with Crippen LogP contribution in [0, 0.1) is 0 Å². The maximum Gasteiger partial charge on any atom is 0.174 e. The Kier molecular flexibility index (Phi) is 4.55. The van der Waals surface area contributed by atoms with Crippen LogP contribution in [0.5, 0.6) is 5.75 Å². The number of hydrogen-bond acceptors (Lipinski definition) is 4. The summed E-state index contributed by atoms with van der Waals surface area (Å²) >= 11 is 0. The lowest BCUT2D eigenvalue weighted by molar-refractivity contribution is 0.446. The Morgan fingerprint density at radius 3 is 2.13 bits per heavy atom. The van der Waals surface area contributed by atoms with Gasteiger partial charge in [-0.15, -0.1) is 10.2 Å². The topological polar surface area (TPSA) is 57.8 Å². The van der Waals surface area contributed by atoms with Crippen molar-refractivity contribution in [1.29, 1.82) is 0 Å². The van der Waals surface area contributed by atoms with E-state index in [1.54, 1.807) is 12.3 Å². The van der Waals surface area contributed by atoms with Crippen LogP contribution in [0.25, 0.3) is 0 Å². The normalized spacial score (nSPS) is 12.8. The van der Waals surface area contributed by atoms with E-state index in [9.17, 15) is 5.11 Å². The molecule has 0 fully saturated rings. The number of pyridine rings is 1. The first-order valence-electron chi connectivity index (χ1n) is 7.80. The average molecular weight is 311 g/mol. The molecule has 0 radical (unpaired) electrons. The van der Waals surface area contributed by atoms with Crippen LogP contribution in [0.4, 0.5) is 11.5 Å². The Bertz CT molecular complexity index is 708. The van der Waals surface area contributed by atoms with Crippen molar-refractivity contribution < 1.29 is 5.11 Å². The summed E-state index contributed by atoms with van der Waals surface area (Å²) in [5, 5.41) is 19.0. The van der Waals surface area contributed by atoms with E-state index in [1.807, 2.05) is 18.2 Å². The van der Waals surface area contributed by atoms with E-state index in [2.05, 4.69) is 62.8 Å². The highest BCUT2D eigenvalue weighted by Gasteiger charge is 2.25. The van der Waals surface area contributed by atoms with E-state index < -0.39 is 0 Å². The summed E-state index contributed by atoms with van der Waals surface area (Å²) < 4.78 is 0. The highest BCUT2D eigenvalue weighted by Crippen LogP contribution is 2.41. The van der Waals surface area contributed by atoms with Gasteiger partial charge in [-0.25, -0.2) is 4.98 Å². The zero-order chi connectivity index (χ0) is 17.3. The van der Waals surface area contributed by atoms with Crippen LogP contribution in [0.2, 0.25) is 0 Å². The number of nitrogens with zero attached hydrogens (tertiary/aromatic N) is 3. The summed E-state index contributed by atoms with van der Waals surface area (Å²) in [5.41, 5.74) is 2.26. The number of rotatable bonds is 2. The van der Waals surface area contributed by atoms with Crippen molar-refractivity contribution in [2.24, 2.45) is 10.2 Å². The van der Waals surface area contributed by atoms with Crippen LogP contribution in [0.1, 0.15) is 52.7 Å². The number of aromatic hydroxyl groups is 1. The molecule has 0 unspecified atom stereocenters. The largest absolute Gasteiger partial charge is 0.505 e. The first-order chi connectivity index (χ1) is 10.6. The van der Waals surface area contributed by atoms with Gasteiger partial charge in [0.1, 0.15) is 11.4 Å². The Hall–Kier alpha value is -2.23. The molecule has 0 spiro atoms. The predicted molar refractivity (Wildman–Crippen MR) is 93.9 cm³/mol. The number of phenolic OH excluding ortho intramolecular Hbond substituents is 1. The SMILES string of the molecule is CC(C)(C)c1cc(N=Nc2ccccn2)c(O)c(C(C)(C)C)c1. The van der Waals surface area contributed by atoms with E-state index in [4.69, 9.17) is 0 Å². The Morgan fingerprint density at radius 2 is 1.61 bits per heavy atom. The highest BCUT2D eigenvalue weighted by molar-refractivity contribution is 5.60. The van der Waals surface area contributed by atoms with Gasteiger partial charge in [0.25, 0.3) is 0 Å². The van der Waals surface area contributed by atoms with Gasteiger partial charge >= 0.3 is 0 Å². The molecule has 0 saturated heterocycles. The maximum absolute atomic E-state index is 10.6. The van der Waals surface area contributed by atoms with Crippen molar-refractivity contribution in [2.45, 2.75) is 52.4 Å². The molecule has 1 N–H and O–H groups in total. The Morgan fingerprint density at radius 1 is 0.913 bits per heavy atom. The van der Waals surface area contributed by atoms with Gasteiger partial charge in [0.2, 0.25) is 0 Å². The highest BCUT2D eigenvalue weighted by atomic mass is 16.3. The van der Waals surface area contributed by atoms with Gasteiger partial charge in [-0.3, -0.25) is 0 Å². The Balaban J connectivity index is 2.56. The molecular weight excluding hydrogens is 286 g/mol. The number of aromatic nitrogens is 1.